The van der Waals surface area contributed by atoms with Gasteiger partial charge in [0.1, 0.15) is 0 Å². The third-order valence-electron chi connectivity index (χ3n) is 5.58. The van der Waals surface area contributed by atoms with Crippen LogP contribution in [-0.4, -0.2) is 61.0 Å². The summed E-state index contributed by atoms with van der Waals surface area (Å²) in [5.41, 5.74) is 0. The predicted octanol–water partition coefficient (Wildman–Crippen LogP) is 2.16. The fraction of sp³-hybridized carbons (Fsp3) is 0.938. The van der Waals surface area contributed by atoms with Crippen molar-refractivity contribution in [3.8, 4) is 0 Å². The van der Waals surface area contributed by atoms with E-state index in [9.17, 15) is 4.79 Å². The Morgan fingerprint density at radius 2 is 2.00 bits per heavy atom. The Morgan fingerprint density at radius 1 is 1.18 bits per heavy atom. The van der Waals surface area contributed by atoms with Crippen molar-refractivity contribution in [1.29, 1.82) is 0 Å². The zero-order valence-corrected chi connectivity index (χ0v) is 15.3. The largest absolute Gasteiger partial charge is 0.340 e. The lowest BCUT2D eigenvalue weighted by Crippen LogP contribution is -2.52. The first-order valence-electron chi connectivity index (χ1n) is 8.46. The lowest BCUT2D eigenvalue weighted by Gasteiger charge is -2.38. The first kappa shape index (κ1) is 20.0. The molecule has 3 atom stereocenters. The number of halogens is 2. The van der Waals surface area contributed by atoms with Crippen LogP contribution in [0.4, 0.5) is 0 Å². The van der Waals surface area contributed by atoms with Gasteiger partial charge >= 0.3 is 0 Å². The summed E-state index contributed by atoms with van der Waals surface area (Å²) < 4.78 is 0. The van der Waals surface area contributed by atoms with E-state index in [4.69, 9.17) is 0 Å². The molecule has 3 rings (SSSR count). The molecule has 130 valence electrons. The number of piperazine rings is 1. The average molecular weight is 352 g/mol. The van der Waals surface area contributed by atoms with Crippen molar-refractivity contribution in [2.24, 2.45) is 11.8 Å². The molecule has 0 bridgehead atoms. The molecule has 1 N–H and O–H groups in total. The third kappa shape index (κ3) is 4.73. The van der Waals surface area contributed by atoms with Gasteiger partial charge in [-0.25, -0.2) is 0 Å². The Bertz CT molecular complexity index is 350. The highest BCUT2D eigenvalue weighted by Crippen LogP contribution is 2.25. The first-order valence-corrected chi connectivity index (χ1v) is 8.46. The van der Waals surface area contributed by atoms with Crippen molar-refractivity contribution in [2.45, 2.75) is 45.1 Å². The van der Waals surface area contributed by atoms with Crippen LogP contribution in [0, 0.1) is 11.8 Å². The van der Waals surface area contributed by atoms with E-state index in [0.717, 1.165) is 39.1 Å². The second-order valence-corrected chi connectivity index (χ2v) is 6.96. The van der Waals surface area contributed by atoms with Gasteiger partial charge in [0.25, 0.3) is 0 Å². The molecule has 4 nitrogen and oxygen atoms in total. The summed E-state index contributed by atoms with van der Waals surface area (Å²) in [6.45, 7) is 8.79. The van der Waals surface area contributed by atoms with Gasteiger partial charge in [0.05, 0.1) is 0 Å². The lowest BCUT2D eigenvalue weighted by atomic mass is 9.85. The monoisotopic (exact) mass is 351 g/mol. The zero-order valence-electron chi connectivity index (χ0n) is 13.6. The van der Waals surface area contributed by atoms with Crippen LogP contribution < -0.4 is 5.32 Å². The molecule has 0 radical (unpaired) electrons. The molecular formula is C16H31Cl2N3O. The Balaban J connectivity index is 0.00000121. The fourth-order valence-corrected chi connectivity index (χ4v) is 4.15. The number of nitrogens with zero attached hydrogens (tertiary/aromatic N) is 2. The quantitative estimate of drug-likeness (QED) is 0.846. The number of fused-ring (bicyclic) bond motifs is 1. The summed E-state index contributed by atoms with van der Waals surface area (Å²) in [5, 5.41) is 3.47. The number of amides is 1. The smallest absolute Gasteiger partial charge is 0.222 e. The summed E-state index contributed by atoms with van der Waals surface area (Å²) >= 11 is 0. The molecule has 6 heteroatoms. The number of nitrogens with one attached hydrogen (secondary N) is 1. The van der Waals surface area contributed by atoms with Gasteiger partial charge in [-0.15, -0.1) is 24.8 Å². The van der Waals surface area contributed by atoms with E-state index in [1.54, 1.807) is 0 Å². The summed E-state index contributed by atoms with van der Waals surface area (Å²) in [6, 6.07) is 0.652. The van der Waals surface area contributed by atoms with Crippen LogP contribution >= 0.6 is 24.8 Å². The van der Waals surface area contributed by atoms with Crippen molar-refractivity contribution < 1.29 is 4.79 Å². The van der Waals surface area contributed by atoms with E-state index in [0.29, 0.717) is 23.8 Å². The van der Waals surface area contributed by atoms with E-state index in [1.807, 2.05) is 0 Å². The van der Waals surface area contributed by atoms with Gasteiger partial charge in [0, 0.05) is 32.1 Å². The standard InChI is InChI=1S/C16H29N3O.2ClH/c1-13(14-4-2-6-17-11-14)10-16(20)19-9-8-18-7-3-5-15(18)12-19;;/h13-15,17H,2-12H2,1H3;2*1H. The molecular weight excluding hydrogens is 321 g/mol. The maximum absolute atomic E-state index is 12.5. The van der Waals surface area contributed by atoms with E-state index in [-0.39, 0.29) is 24.8 Å². The summed E-state index contributed by atoms with van der Waals surface area (Å²) in [4.78, 5) is 17.2. The van der Waals surface area contributed by atoms with Crippen LogP contribution in [0.2, 0.25) is 0 Å². The van der Waals surface area contributed by atoms with Crippen LogP contribution in [-0.2, 0) is 4.79 Å². The van der Waals surface area contributed by atoms with Crippen LogP contribution in [0.25, 0.3) is 0 Å². The highest BCUT2D eigenvalue weighted by Gasteiger charge is 2.33. The first-order chi connectivity index (χ1) is 9.74. The van der Waals surface area contributed by atoms with Gasteiger partial charge in [-0.2, -0.15) is 0 Å². The van der Waals surface area contributed by atoms with Crippen molar-refractivity contribution >= 4 is 30.7 Å². The molecule has 0 aromatic rings. The molecule has 22 heavy (non-hydrogen) atoms. The SMILES string of the molecule is CC(CC(=O)N1CCN2CCCC2C1)C1CCCNC1.Cl.Cl. The Hall–Kier alpha value is -0.0300. The average Bonchev–Trinajstić information content (AvgIpc) is 2.95. The number of carbonyl (C=O) groups excluding carboxylic acids is 1. The minimum absolute atomic E-state index is 0. The maximum atomic E-state index is 12.5. The lowest BCUT2D eigenvalue weighted by molar-refractivity contribution is -0.135. The molecule has 3 aliphatic rings. The normalized spacial score (nSPS) is 30.0. The topological polar surface area (TPSA) is 35.6 Å². The van der Waals surface area contributed by atoms with Gasteiger partial charge in [-0.1, -0.05) is 6.92 Å². The van der Waals surface area contributed by atoms with Crippen LogP contribution in [0.5, 0.6) is 0 Å². The number of piperidine rings is 1. The fourth-order valence-electron chi connectivity index (χ4n) is 4.15. The van der Waals surface area contributed by atoms with E-state index < -0.39 is 0 Å². The number of hydrogen-bond donors (Lipinski definition) is 1. The maximum Gasteiger partial charge on any atom is 0.222 e. The van der Waals surface area contributed by atoms with Crippen molar-refractivity contribution in [2.75, 3.05) is 39.3 Å². The Labute approximate surface area is 147 Å². The summed E-state index contributed by atoms with van der Waals surface area (Å²) in [7, 11) is 0. The third-order valence-corrected chi connectivity index (χ3v) is 5.58. The van der Waals surface area contributed by atoms with E-state index in [1.165, 1.54) is 32.2 Å². The number of carbonyl (C=O) groups is 1. The highest BCUT2D eigenvalue weighted by atomic mass is 35.5. The Kier molecular flexibility index (Phi) is 8.47. The minimum atomic E-state index is 0. The molecule has 0 aliphatic carbocycles. The van der Waals surface area contributed by atoms with Gasteiger partial charge in [0.15, 0.2) is 0 Å². The molecule has 0 saturated carbocycles. The molecule has 0 aromatic heterocycles. The van der Waals surface area contributed by atoms with Gasteiger partial charge in [0.2, 0.25) is 5.91 Å². The van der Waals surface area contributed by atoms with Crippen LogP contribution in [0.3, 0.4) is 0 Å². The van der Waals surface area contributed by atoms with E-state index >= 15 is 0 Å². The minimum Gasteiger partial charge on any atom is -0.340 e. The van der Waals surface area contributed by atoms with Gasteiger partial charge in [-0.05, 0) is 57.2 Å². The highest BCUT2D eigenvalue weighted by molar-refractivity contribution is 5.85. The Morgan fingerprint density at radius 3 is 2.73 bits per heavy atom. The molecule has 0 aromatic carbocycles. The molecule has 3 fully saturated rings. The van der Waals surface area contributed by atoms with Gasteiger partial charge in [-0.3, -0.25) is 9.69 Å². The van der Waals surface area contributed by atoms with Crippen molar-refractivity contribution in [3.63, 3.8) is 0 Å². The predicted molar refractivity (Wildman–Crippen MR) is 95.0 cm³/mol. The summed E-state index contributed by atoms with van der Waals surface area (Å²) in [6.07, 6.45) is 5.91. The van der Waals surface area contributed by atoms with Gasteiger partial charge < -0.3 is 10.2 Å². The molecule has 3 unspecified atom stereocenters. The second kappa shape index (κ2) is 9.31. The molecule has 1 amide bonds. The van der Waals surface area contributed by atoms with Crippen molar-refractivity contribution in [1.82, 2.24) is 15.1 Å². The second-order valence-electron chi connectivity index (χ2n) is 6.96. The molecule has 0 spiro atoms. The molecule has 3 heterocycles. The molecule has 3 saturated heterocycles. The van der Waals surface area contributed by atoms with Crippen molar-refractivity contribution in [3.05, 3.63) is 0 Å². The van der Waals surface area contributed by atoms with Crippen LogP contribution in [0.1, 0.15) is 39.0 Å². The number of hydrogen-bond acceptors (Lipinski definition) is 3. The zero-order chi connectivity index (χ0) is 13.9. The van der Waals surface area contributed by atoms with Crippen LogP contribution in [0.15, 0.2) is 0 Å². The molecule has 3 aliphatic heterocycles. The summed E-state index contributed by atoms with van der Waals surface area (Å²) in [5.74, 6) is 1.62. The number of rotatable bonds is 3. The van der Waals surface area contributed by atoms with E-state index in [2.05, 4.69) is 22.0 Å².